The van der Waals surface area contributed by atoms with E-state index in [2.05, 4.69) is 31.1 Å². The van der Waals surface area contributed by atoms with Crippen LogP contribution in [-0.2, 0) is 0 Å². The zero-order valence-electron chi connectivity index (χ0n) is 13.5. The smallest absolute Gasteiger partial charge is 0.204 e. The number of nitrogens with zero attached hydrogens (tertiary/aromatic N) is 2. The lowest BCUT2D eigenvalue weighted by Gasteiger charge is -2.14. The van der Waals surface area contributed by atoms with Gasteiger partial charge in [-0.25, -0.2) is 4.98 Å². The summed E-state index contributed by atoms with van der Waals surface area (Å²) in [5.41, 5.74) is 1.65. The van der Waals surface area contributed by atoms with Gasteiger partial charge in [-0.15, -0.1) is 0 Å². The van der Waals surface area contributed by atoms with Crippen LogP contribution in [0.25, 0.3) is 22.8 Å². The lowest BCUT2D eigenvalue weighted by molar-refractivity contribution is 0.325. The molecule has 0 saturated carbocycles. The van der Waals surface area contributed by atoms with Crippen LogP contribution in [0.3, 0.4) is 0 Å². The zero-order valence-corrected chi connectivity index (χ0v) is 15.0. The van der Waals surface area contributed by atoms with E-state index in [1.165, 1.54) is 0 Å². The molecule has 0 saturated heterocycles. The molecule has 1 aromatic heterocycles. The first-order chi connectivity index (χ1) is 11.7. The first-order valence-corrected chi connectivity index (χ1v) is 7.95. The van der Waals surface area contributed by atoms with Gasteiger partial charge in [0.05, 0.1) is 26.9 Å². The Labute approximate surface area is 147 Å². The Morgan fingerprint density at radius 1 is 0.958 bits per heavy atom. The number of aromatic amines is 1. The molecule has 0 unspecified atom stereocenters. The highest BCUT2D eigenvalue weighted by atomic mass is 79.9. The normalized spacial score (nSPS) is 10.5. The molecule has 0 amide bonds. The summed E-state index contributed by atoms with van der Waals surface area (Å²) in [7, 11) is 4.72. The van der Waals surface area contributed by atoms with E-state index in [1.807, 2.05) is 30.3 Å². The fraction of sp³-hybridized carbons (Fsp3) is 0.176. The van der Waals surface area contributed by atoms with E-state index in [-0.39, 0.29) is 0 Å². The molecule has 0 aliphatic heterocycles. The number of H-pyrrole nitrogens is 1. The van der Waals surface area contributed by atoms with Crippen molar-refractivity contribution in [2.75, 3.05) is 21.3 Å². The summed E-state index contributed by atoms with van der Waals surface area (Å²) in [5.74, 6) is 2.82. The minimum atomic E-state index is 0.512. The molecule has 3 rings (SSSR count). The maximum atomic E-state index is 5.50. The standard InChI is InChI=1S/C17H16BrN3O3/c1-22-13-8-7-12(14(23-2)15(13)24-3)17-19-16(20-21-17)10-5-4-6-11(18)9-10/h4-9H,1-3H3,(H,19,20,21). The number of hydrogen-bond acceptors (Lipinski definition) is 5. The summed E-state index contributed by atoms with van der Waals surface area (Å²) in [6, 6.07) is 11.5. The number of benzene rings is 2. The summed E-state index contributed by atoms with van der Waals surface area (Å²) in [5, 5.41) is 7.24. The van der Waals surface area contributed by atoms with Gasteiger partial charge >= 0.3 is 0 Å². The third-order valence-corrected chi connectivity index (χ3v) is 4.02. The van der Waals surface area contributed by atoms with Crippen LogP contribution in [0.5, 0.6) is 17.2 Å². The number of halogens is 1. The summed E-state index contributed by atoms with van der Waals surface area (Å²) >= 11 is 3.45. The average molecular weight is 390 g/mol. The molecule has 1 heterocycles. The second-order valence-corrected chi connectivity index (χ2v) is 5.82. The van der Waals surface area contributed by atoms with Crippen LogP contribution in [0.4, 0.5) is 0 Å². The van der Waals surface area contributed by atoms with Gasteiger partial charge in [-0.05, 0) is 24.3 Å². The van der Waals surface area contributed by atoms with E-state index < -0.39 is 0 Å². The van der Waals surface area contributed by atoms with Gasteiger partial charge in [-0.1, -0.05) is 28.1 Å². The second-order valence-electron chi connectivity index (χ2n) is 4.90. The van der Waals surface area contributed by atoms with Crippen molar-refractivity contribution in [1.29, 1.82) is 0 Å². The fourth-order valence-corrected chi connectivity index (χ4v) is 2.83. The highest BCUT2D eigenvalue weighted by Crippen LogP contribution is 2.43. The molecule has 0 radical (unpaired) electrons. The maximum Gasteiger partial charge on any atom is 0.204 e. The van der Waals surface area contributed by atoms with E-state index >= 15 is 0 Å². The highest BCUT2D eigenvalue weighted by molar-refractivity contribution is 9.10. The summed E-state index contributed by atoms with van der Waals surface area (Å²) in [4.78, 5) is 4.57. The van der Waals surface area contributed by atoms with Crippen LogP contribution in [0, 0.1) is 0 Å². The van der Waals surface area contributed by atoms with Gasteiger partial charge < -0.3 is 14.2 Å². The van der Waals surface area contributed by atoms with E-state index in [1.54, 1.807) is 27.4 Å². The van der Waals surface area contributed by atoms with Crippen molar-refractivity contribution < 1.29 is 14.2 Å². The van der Waals surface area contributed by atoms with Crippen molar-refractivity contribution in [2.45, 2.75) is 0 Å². The van der Waals surface area contributed by atoms with Gasteiger partial charge in [0.1, 0.15) is 0 Å². The van der Waals surface area contributed by atoms with Crippen molar-refractivity contribution in [1.82, 2.24) is 15.2 Å². The van der Waals surface area contributed by atoms with Crippen LogP contribution in [0.1, 0.15) is 0 Å². The molecule has 7 heteroatoms. The zero-order chi connectivity index (χ0) is 17.1. The van der Waals surface area contributed by atoms with Gasteiger partial charge in [-0.3, -0.25) is 5.10 Å². The molecule has 6 nitrogen and oxygen atoms in total. The number of hydrogen-bond donors (Lipinski definition) is 1. The molecule has 124 valence electrons. The Hall–Kier alpha value is -2.54. The summed E-state index contributed by atoms with van der Waals surface area (Å²) < 4.78 is 17.2. The highest BCUT2D eigenvalue weighted by Gasteiger charge is 2.19. The molecule has 0 spiro atoms. The van der Waals surface area contributed by atoms with E-state index in [9.17, 15) is 0 Å². The number of rotatable bonds is 5. The molecule has 0 aliphatic carbocycles. The van der Waals surface area contributed by atoms with Gasteiger partial charge in [0.25, 0.3) is 0 Å². The molecule has 0 atom stereocenters. The Balaban J connectivity index is 2.07. The van der Waals surface area contributed by atoms with Gasteiger partial charge in [0.15, 0.2) is 23.1 Å². The molecule has 2 aromatic carbocycles. The van der Waals surface area contributed by atoms with Crippen molar-refractivity contribution in [3.05, 3.63) is 40.9 Å². The van der Waals surface area contributed by atoms with Crippen LogP contribution in [-0.4, -0.2) is 36.5 Å². The first-order valence-electron chi connectivity index (χ1n) is 7.15. The molecule has 0 bridgehead atoms. The number of nitrogens with one attached hydrogen (secondary N) is 1. The molecule has 0 fully saturated rings. The van der Waals surface area contributed by atoms with Crippen LogP contribution >= 0.6 is 15.9 Å². The number of aromatic nitrogens is 3. The van der Waals surface area contributed by atoms with E-state index in [0.29, 0.717) is 28.9 Å². The molecule has 3 aromatic rings. The predicted molar refractivity (Wildman–Crippen MR) is 94.6 cm³/mol. The Bertz CT molecular complexity index is 864. The first kappa shape index (κ1) is 16.3. The largest absolute Gasteiger partial charge is 0.493 e. The fourth-order valence-electron chi connectivity index (χ4n) is 2.43. The molecule has 0 aliphatic rings. The molecule has 24 heavy (non-hydrogen) atoms. The summed E-state index contributed by atoms with van der Waals surface area (Å²) in [6.45, 7) is 0. The van der Waals surface area contributed by atoms with E-state index in [0.717, 1.165) is 15.6 Å². The Morgan fingerprint density at radius 3 is 2.42 bits per heavy atom. The van der Waals surface area contributed by atoms with Crippen molar-refractivity contribution in [3.8, 4) is 40.0 Å². The van der Waals surface area contributed by atoms with Crippen LogP contribution in [0.2, 0.25) is 0 Å². The lowest BCUT2D eigenvalue weighted by Crippen LogP contribution is -1.97. The molecular weight excluding hydrogens is 374 g/mol. The quantitative estimate of drug-likeness (QED) is 0.715. The molecular formula is C17H16BrN3O3. The van der Waals surface area contributed by atoms with Gasteiger partial charge in [-0.2, -0.15) is 5.10 Å². The number of ether oxygens (including phenoxy) is 3. The summed E-state index contributed by atoms with van der Waals surface area (Å²) in [6.07, 6.45) is 0. The second kappa shape index (κ2) is 6.92. The minimum Gasteiger partial charge on any atom is -0.493 e. The van der Waals surface area contributed by atoms with Crippen molar-refractivity contribution in [3.63, 3.8) is 0 Å². The average Bonchev–Trinajstić information content (AvgIpc) is 3.10. The van der Waals surface area contributed by atoms with E-state index in [4.69, 9.17) is 14.2 Å². The molecule has 1 N–H and O–H groups in total. The predicted octanol–water partition coefficient (Wildman–Crippen LogP) is 3.93. The Morgan fingerprint density at radius 2 is 1.75 bits per heavy atom. The van der Waals surface area contributed by atoms with Crippen LogP contribution in [0.15, 0.2) is 40.9 Å². The lowest BCUT2D eigenvalue weighted by atomic mass is 10.1. The topological polar surface area (TPSA) is 69.3 Å². The monoisotopic (exact) mass is 389 g/mol. The third-order valence-electron chi connectivity index (χ3n) is 3.53. The number of methoxy groups -OCH3 is 3. The van der Waals surface area contributed by atoms with Gasteiger partial charge in [0.2, 0.25) is 5.75 Å². The van der Waals surface area contributed by atoms with Crippen molar-refractivity contribution in [2.24, 2.45) is 0 Å². The maximum absolute atomic E-state index is 5.50. The third kappa shape index (κ3) is 2.94. The van der Waals surface area contributed by atoms with Crippen molar-refractivity contribution >= 4 is 15.9 Å². The van der Waals surface area contributed by atoms with Gasteiger partial charge in [0, 0.05) is 10.0 Å². The van der Waals surface area contributed by atoms with Crippen LogP contribution < -0.4 is 14.2 Å². The minimum absolute atomic E-state index is 0.512. The SMILES string of the molecule is COc1ccc(-c2nc(-c3cccc(Br)c3)n[nH]2)c(OC)c1OC. The Kier molecular flexibility index (Phi) is 4.71.